The summed E-state index contributed by atoms with van der Waals surface area (Å²) in [5, 5.41) is 1.71. The third-order valence-electron chi connectivity index (χ3n) is 1.33. The molecule has 0 heterocycles. The molecule has 0 aromatic rings. The highest BCUT2D eigenvalue weighted by atomic mass is 79.9. The number of sulfone groups is 1. The quantitative estimate of drug-likeness (QED) is 0.726. The van der Waals surface area contributed by atoms with Gasteiger partial charge in [0.2, 0.25) is 0 Å². The van der Waals surface area contributed by atoms with Crippen molar-refractivity contribution in [3.63, 3.8) is 0 Å². The molecular weight excluding hydrogens is 296 g/mol. The molecule has 68 valence electrons. The molecule has 0 aliphatic heterocycles. The lowest BCUT2D eigenvalue weighted by atomic mass is 10.2. The maximum absolute atomic E-state index is 10.7. The maximum Gasteiger partial charge on any atom is 0.147 e. The molecule has 0 aliphatic carbocycles. The number of hydrogen-bond acceptors (Lipinski definition) is 2. The van der Waals surface area contributed by atoms with Gasteiger partial charge in [0.05, 0.1) is 5.75 Å². The Hall–Kier alpha value is 0.910. The van der Waals surface area contributed by atoms with E-state index in [4.69, 9.17) is 0 Å². The van der Waals surface area contributed by atoms with Crippen LogP contribution in [0, 0.1) is 5.92 Å². The third kappa shape index (κ3) is 7.28. The summed E-state index contributed by atoms with van der Waals surface area (Å²) in [5.41, 5.74) is 0. The minimum Gasteiger partial charge on any atom is -0.229 e. The molecule has 11 heavy (non-hydrogen) atoms. The minimum atomic E-state index is -2.78. The first-order valence-corrected chi connectivity index (χ1v) is 7.59. The van der Waals surface area contributed by atoms with E-state index in [1.54, 1.807) is 0 Å². The van der Waals surface area contributed by atoms with Gasteiger partial charge in [-0.05, 0) is 12.3 Å². The fourth-order valence-electron chi connectivity index (χ4n) is 0.576. The fourth-order valence-corrected chi connectivity index (χ4v) is 3.06. The van der Waals surface area contributed by atoms with Crippen LogP contribution in [0.25, 0.3) is 0 Å². The Morgan fingerprint density at radius 1 is 1.27 bits per heavy atom. The number of rotatable bonds is 5. The van der Waals surface area contributed by atoms with E-state index in [-0.39, 0.29) is 5.75 Å². The largest absolute Gasteiger partial charge is 0.229 e. The van der Waals surface area contributed by atoms with Crippen LogP contribution in [0.5, 0.6) is 0 Å². The molecule has 0 aliphatic rings. The lowest BCUT2D eigenvalue weighted by Gasteiger charge is -2.07. The van der Waals surface area contributed by atoms with E-state index in [0.29, 0.717) is 5.92 Å². The first kappa shape index (κ1) is 11.9. The van der Waals surface area contributed by atoms with Crippen molar-refractivity contribution in [2.45, 2.75) is 6.42 Å². The monoisotopic (exact) mass is 306 g/mol. The molecular formula is C6H12Br2O2S. The van der Waals surface area contributed by atoms with Crippen LogP contribution in [0.1, 0.15) is 6.42 Å². The van der Waals surface area contributed by atoms with Gasteiger partial charge in [-0.15, -0.1) is 0 Å². The molecule has 0 saturated carbocycles. The Balaban J connectivity index is 3.69. The minimum absolute atomic E-state index is 0.287. The molecule has 0 unspecified atom stereocenters. The van der Waals surface area contributed by atoms with Crippen LogP contribution < -0.4 is 0 Å². The average Bonchev–Trinajstić information content (AvgIpc) is 1.88. The molecule has 0 bridgehead atoms. The fraction of sp³-hybridized carbons (Fsp3) is 1.00. The van der Waals surface area contributed by atoms with Gasteiger partial charge >= 0.3 is 0 Å². The van der Waals surface area contributed by atoms with Crippen molar-refractivity contribution in [2.75, 3.05) is 22.7 Å². The normalized spacial score (nSPS) is 12.4. The zero-order valence-electron chi connectivity index (χ0n) is 6.39. The summed E-state index contributed by atoms with van der Waals surface area (Å²) < 4.78 is 21.5. The molecule has 0 saturated heterocycles. The Morgan fingerprint density at radius 3 is 2.00 bits per heavy atom. The van der Waals surface area contributed by atoms with Crippen molar-refractivity contribution >= 4 is 41.7 Å². The molecule has 0 fully saturated rings. The third-order valence-corrected chi connectivity index (χ3v) is 4.14. The summed E-state index contributed by atoms with van der Waals surface area (Å²) in [6.45, 7) is 0. The predicted octanol–water partition coefficient (Wildman–Crippen LogP) is 1.83. The molecule has 0 atom stereocenters. The Bertz CT molecular complexity index is 185. The summed E-state index contributed by atoms with van der Waals surface area (Å²) in [4.78, 5) is 0. The van der Waals surface area contributed by atoms with Gasteiger partial charge in [-0.1, -0.05) is 31.9 Å². The molecule has 0 aromatic heterocycles. The highest BCUT2D eigenvalue weighted by Crippen LogP contribution is 2.11. The molecule has 0 radical (unpaired) electrons. The van der Waals surface area contributed by atoms with Crippen LogP contribution in [-0.2, 0) is 9.84 Å². The number of hydrogen-bond donors (Lipinski definition) is 0. The van der Waals surface area contributed by atoms with Gasteiger partial charge in [-0.25, -0.2) is 8.42 Å². The second-order valence-electron chi connectivity index (χ2n) is 2.59. The second-order valence-corrected chi connectivity index (χ2v) is 6.15. The first-order chi connectivity index (χ1) is 4.99. The molecule has 0 N–H and O–H groups in total. The Kier molecular flexibility index (Phi) is 6.00. The van der Waals surface area contributed by atoms with Crippen LogP contribution in [0.2, 0.25) is 0 Å². The van der Waals surface area contributed by atoms with Gasteiger partial charge in [0.25, 0.3) is 0 Å². The smallest absolute Gasteiger partial charge is 0.147 e. The van der Waals surface area contributed by atoms with Gasteiger partial charge in [-0.3, -0.25) is 0 Å². The van der Waals surface area contributed by atoms with Crippen LogP contribution in [0.3, 0.4) is 0 Å². The molecule has 2 nitrogen and oxygen atoms in total. The molecule has 5 heteroatoms. The van der Waals surface area contributed by atoms with Gasteiger partial charge in [0, 0.05) is 16.9 Å². The average molecular weight is 308 g/mol. The molecule has 0 aromatic carbocycles. The lowest BCUT2D eigenvalue weighted by molar-refractivity contribution is 0.585. The van der Waals surface area contributed by atoms with Crippen molar-refractivity contribution in [3.05, 3.63) is 0 Å². The SMILES string of the molecule is CS(=O)(=O)CCC(CBr)CBr. The number of halogens is 2. The van der Waals surface area contributed by atoms with Gasteiger partial charge < -0.3 is 0 Å². The summed E-state index contributed by atoms with van der Waals surface area (Å²) >= 11 is 6.64. The molecule has 0 amide bonds. The van der Waals surface area contributed by atoms with Gasteiger partial charge in [-0.2, -0.15) is 0 Å². The van der Waals surface area contributed by atoms with Crippen LogP contribution >= 0.6 is 31.9 Å². The lowest BCUT2D eigenvalue weighted by Crippen LogP contribution is -2.11. The van der Waals surface area contributed by atoms with Crippen LogP contribution in [-0.4, -0.2) is 31.1 Å². The highest BCUT2D eigenvalue weighted by molar-refractivity contribution is 9.09. The van der Waals surface area contributed by atoms with E-state index in [2.05, 4.69) is 31.9 Å². The molecule has 0 rings (SSSR count). The zero-order chi connectivity index (χ0) is 8.91. The maximum atomic E-state index is 10.7. The summed E-state index contributed by atoms with van der Waals surface area (Å²) in [7, 11) is -2.78. The van der Waals surface area contributed by atoms with Crippen molar-refractivity contribution < 1.29 is 8.42 Å². The van der Waals surface area contributed by atoms with Gasteiger partial charge in [0.15, 0.2) is 0 Å². The Morgan fingerprint density at radius 2 is 1.73 bits per heavy atom. The van der Waals surface area contributed by atoms with E-state index in [9.17, 15) is 8.42 Å². The summed E-state index contributed by atoms with van der Waals surface area (Å²) in [5.74, 6) is 0.708. The highest BCUT2D eigenvalue weighted by Gasteiger charge is 2.09. The van der Waals surface area contributed by atoms with E-state index in [0.717, 1.165) is 17.1 Å². The van der Waals surface area contributed by atoms with Gasteiger partial charge in [0.1, 0.15) is 9.84 Å². The summed E-state index contributed by atoms with van der Waals surface area (Å²) in [6, 6.07) is 0. The van der Waals surface area contributed by atoms with Crippen LogP contribution in [0.4, 0.5) is 0 Å². The van der Waals surface area contributed by atoms with Crippen molar-refractivity contribution in [2.24, 2.45) is 5.92 Å². The van der Waals surface area contributed by atoms with Crippen molar-refractivity contribution in [1.82, 2.24) is 0 Å². The topological polar surface area (TPSA) is 34.1 Å². The van der Waals surface area contributed by atoms with Crippen LogP contribution in [0.15, 0.2) is 0 Å². The van der Waals surface area contributed by atoms with Crippen molar-refractivity contribution in [1.29, 1.82) is 0 Å². The molecule has 0 spiro atoms. The Labute approximate surface area is 84.9 Å². The first-order valence-electron chi connectivity index (χ1n) is 3.29. The van der Waals surface area contributed by atoms with E-state index in [1.165, 1.54) is 6.26 Å². The van der Waals surface area contributed by atoms with E-state index >= 15 is 0 Å². The zero-order valence-corrected chi connectivity index (χ0v) is 10.4. The van der Waals surface area contributed by atoms with E-state index < -0.39 is 9.84 Å². The second kappa shape index (κ2) is 5.54. The number of alkyl halides is 2. The van der Waals surface area contributed by atoms with Crippen molar-refractivity contribution in [3.8, 4) is 0 Å². The standard InChI is InChI=1S/C6H12Br2O2S/c1-11(9,10)3-2-6(4-7)5-8/h6H,2-5H2,1H3. The predicted molar refractivity (Wildman–Crippen MR) is 55.4 cm³/mol. The van der Waals surface area contributed by atoms with E-state index in [1.807, 2.05) is 0 Å². The summed E-state index contributed by atoms with van der Waals surface area (Å²) in [6.07, 6.45) is 2.00.